The Balaban J connectivity index is 1.24. The number of thiophene rings is 1. The van der Waals surface area contributed by atoms with E-state index in [2.05, 4.69) is 21.6 Å². The van der Waals surface area contributed by atoms with E-state index in [1.54, 1.807) is 47.7 Å². The van der Waals surface area contributed by atoms with E-state index in [1.807, 2.05) is 29.6 Å². The Labute approximate surface area is 204 Å². The van der Waals surface area contributed by atoms with Gasteiger partial charge in [0.15, 0.2) is 5.78 Å². The average molecular weight is 476 g/mol. The van der Waals surface area contributed by atoms with Crippen LogP contribution in [0, 0.1) is 5.92 Å². The minimum atomic E-state index is -0.160. The van der Waals surface area contributed by atoms with Crippen molar-refractivity contribution < 1.29 is 14.4 Å². The van der Waals surface area contributed by atoms with Crippen LogP contribution in [0.4, 0.5) is 5.69 Å². The van der Waals surface area contributed by atoms with Crippen LogP contribution in [0.15, 0.2) is 72.1 Å². The van der Waals surface area contributed by atoms with Crippen molar-refractivity contribution in [3.05, 3.63) is 88.1 Å². The molecule has 0 unspecified atom stereocenters. The van der Waals surface area contributed by atoms with Gasteiger partial charge in [-0.25, -0.2) is 0 Å². The van der Waals surface area contributed by atoms with Crippen LogP contribution in [0.5, 0.6) is 0 Å². The zero-order valence-corrected chi connectivity index (χ0v) is 19.9. The molecule has 2 N–H and O–H groups in total. The van der Waals surface area contributed by atoms with Crippen molar-refractivity contribution >= 4 is 34.6 Å². The van der Waals surface area contributed by atoms with Gasteiger partial charge in [0.05, 0.1) is 12.2 Å². The number of piperidine rings is 1. The summed E-state index contributed by atoms with van der Waals surface area (Å²) in [5.41, 5.74) is 1.57. The summed E-state index contributed by atoms with van der Waals surface area (Å²) < 4.78 is 0. The van der Waals surface area contributed by atoms with E-state index in [0.29, 0.717) is 36.4 Å². The lowest BCUT2D eigenvalue weighted by Gasteiger charge is -2.30. The molecule has 1 saturated heterocycles. The fourth-order valence-electron chi connectivity index (χ4n) is 4.19. The van der Waals surface area contributed by atoms with E-state index >= 15 is 0 Å². The molecule has 6 nitrogen and oxygen atoms in total. The molecule has 0 spiro atoms. The summed E-state index contributed by atoms with van der Waals surface area (Å²) >= 11 is 1.70. The van der Waals surface area contributed by atoms with Gasteiger partial charge in [0.25, 0.3) is 0 Å². The average Bonchev–Trinajstić information content (AvgIpc) is 3.38. The number of rotatable bonds is 9. The van der Waals surface area contributed by atoms with Crippen LogP contribution in [0.25, 0.3) is 0 Å². The lowest BCUT2D eigenvalue weighted by molar-refractivity contribution is -0.126. The fourth-order valence-corrected chi connectivity index (χ4v) is 4.90. The third-order valence-corrected chi connectivity index (χ3v) is 6.99. The Morgan fingerprint density at radius 1 is 0.912 bits per heavy atom. The van der Waals surface area contributed by atoms with Crippen LogP contribution in [0.1, 0.15) is 33.6 Å². The molecule has 0 saturated carbocycles. The molecule has 0 radical (unpaired) electrons. The number of likely N-dealkylation sites (tertiary alicyclic amines) is 1. The highest BCUT2D eigenvalue weighted by atomic mass is 32.1. The second kappa shape index (κ2) is 11.7. The van der Waals surface area contributed by atoms with E-state index in [0.717, 1.165) is 19.3 Å². The highest BCUT2D eigenvalue weighted by molar-refractivity contribution is 7.09. The lowest BCUT2D eigenvalue weighted by atomic mass is 9.96. The number of amides is 2. The molecule has 1 aromatic heterocycles. The second-order valence-electron chi connectivity index (χ2n) is 8.46. The summed E-state index contributed by atoms with van der Waals surface area (Å²) in [4.78, 5) is 41.4. The first-order chi connectivity index (χ1) is 16.6. The van der Waals surface area contributed by atoms with Gasteiger partial charge < -0.3 is 10.6 Å². The van der Waals surface area contributed by atoms with Gasteiger partial charge >= 0.3 is 0 Å². The first-order valence-electron chi connectivity index (χ1n) is 11.6. The highest BCUT2D eigenvalue weighted by Crippen LogP contribution is 2.21. The van der Waals surface area contributed by atoms with Crippen molar-refractivity contribution in [3.8, 4) is 0 Å². The number of para-hydroxylation sites is 1. The standard InChI is InChI=1S/C27H29N3O3S/c31-25(29-24-11-5-4-10-23(24)26(32)20-7-2-1-3-8-20)19-30-16-13-21(14-17-30)27(33)28-15-12-22-9-6-18-34-22/h1-11,18,21H,12-17,19H2,(H,28,33)(H,29,31). The zero-order valence-electron chi connectivity index (χ0n) is 19.0. The monoisotopic (exact) mass is 475 g/mol. The van der Waals surface area contributed by atoms with E-state index in [9.17, 15) is 14.4 Å². The zero-order chi connectivity index (χ0) is 23.8. The molecule has 2 aromatic carbocycles. The van der Waals surface area contributed by atoms with Gasteiger partial charge in [-0.2, -0.15) is 0 Å². The predicted molar refractivity (Wildman–Crippen MR) is 135 cm³/mol. The van der Waals surface area contributed by atoms with Crippen molar-refractivity contribution in [2.75, 3.05) is 31.5 Å². The van der Waals surface area contributed by atoms with E-state index in [1.165, 1.54) is 4.88 Å². The molecule has 1 fully saturated rings. The van der Waals surface area contributed by atoms with Crippen LogP contribution in [-0.4, -0.2) is 48.7 Å². The molecule has 0 bridgehead atoms. The third-order valence-electron chi connectivity index (χ3n) is 6.06. The number of ketones is 1. The van der Waals surface area contributed by atoms with Gasteiger partial charge in [-0.15, -0.1) is 11.3 Å². The van der Waals surface area contributed by atoms with Crippen LogP contribution in [0.2, 0.25) is 0 Å². The molecule has 2 amide bonds. The Kier molecular flexibility index (Phi) is 8.22. The number of carbonyl (C=O) groups excluding carboxylic acids is 3. The van der Waals surface area contributed by atoms with E-state index in [-0.39, 0.29) is 30.1 Å². The van der Waals surface area contributed by atoms with Gasteiger partial charge in [0, 0.05) is 28.5 Å². The van der Waals surface area contributed by atoms with Crippen molar-refractivity contribution in [2.24, 2.45) is 5.92 Å². The molecule has 176 valence electrons. The number of benzene rings is 2. The maximum atomic E-state index is 12.9. The maximum Gasteiger partial charge on any atom is 0.238 e. The SMILES string of the molecule is O=C(CN1CCC(C(=O)NCCc2cccs2)CC1)Nc1ccccc1C(=O)c1ccccc1. The predicted octanol–water partition coefficient (Wildman–Crippen LogP) is 3.99. The van der Waals surface area contributed by atoms with E-state index in [4.69, 9.17) is 0 Å². The first kappa shape index (κ1) is 23.9. The first-order valence-corrected chi connectivity index (χ1v) is 12.5. The summed E-state index contributed by atoms with van der Waals surface area (Å²) in [7, 11) is 0. The fraction of sp³-hybridized carbons (Fsp3) is 0.296. The number of hydrogen-bond donors (Lipinski definition) is 2. The minimum Gasteiger partial charge on any atom is -0.355 e. The summed E-state index contributed by atoms with van der Waals surface area (Å²) in [6, 6.07) is 20.2. The molecule has 0 aliphatic carbocycles. The Bertz CT molecular complexity index is 1110. The van der Waals surface area contributed by atoms with Crippen LogP contribution < -0.4 is 10.6 Å². The molecular weight excluding hydrogens is 446 g/mol. The quantitative estimate of drug-likeness (QED) is 0.459. The molecule has 2 heterocycles. The van der Waals surface area contributed by atoms with Crippen molar-refractivity contribution in [3.63, 3.8) is 0 Å². The summed E-state index contributed by atoms with van der Waals surface area (Å²) in [6.07, 6.45) is 2.33. The van der Waals surface area contributed by atoms with Crippen LogP contribution >= 0.6 is 11.3 Å². The molecular formula is C27H29N3O3S. The number of anilines is 1. The summed E-state index contributed by atoms with van der Waals surface area (Å²) in [6.45, 7) is 2.28. The lowest BCUT2D eigenvalue weighted by Crippen LogP contribution is -2.43. The van der Waals surface area contributed by atoms with Gasteiger partial charge in [-0.1, -0.05) is 48.5 Å². The van der Waals surface area contributed by atoms with Gasteiger partial charge in [-0.3, -0.25) is 19.3 Å². The number of nitrogens with zero attached hydrogens (tertiary/aromatic N) is 1. The maximum absolute atomic E-state index is 12.9. The number of nitrogens with one attached hydrogen (secondary N) is 2. The molecule has 1 aliphatic heterocycles. The Morgan fingerprint density at radius 3 is 2.38 bits per heavy atom. The molecule has 3 aromatic rings. The van der Waals surface area contributed by atoms with Gasteiger partial charge in [0.2, 0.25) is 11.8 Å². The smallest absolute Gasteiger partial charge is 0.238 e. The van der Waals surface area contributed by atoms with Gasteiger partial charge in [-0.05, 0) is 55.9 Å². The van der Waals surface area contributed by atoms with Gasteiger partial charge in [0.1, 0.15) is 0 Å². The molecule has 1 aliphatic rings. The number of hydrogen-bond acceptors (Lipinski definition) is 5. The molecule has 4 rings (SSSR count). The van der Waals surface area contributed by atoms with Crippen LogP contribution in [0.3, 0.4) is 0 Å². The normalized spacial score (nSPS) is 14.5. The van der Waals surface area contributed by atoms with Crippen molar-refractivity contribution in [1.82, 2.24) is 10.2 Å². The van der Waals surface area contributed by atoms with Crippen molar-refractivity contribution in [1.29, 1.82) is 0 Å². The Hall–Kier alpha value is -3.29. The molecule has 7 heteroatoms. The third kappa shape index (κ3) is 6.40. The molecule has 0 atom stereocenters. The second-order valence-corrected chi connectivity index (χ2v) is 9.49. The van der Waals surface area contributed by atoms with E-state index < -0.39 is 0 Å². The summed E-state index contributed by atoms with van der Waals surface area (Å²) in [5.74, 6) is -0.185. The largest absolute Gasteiger partial charge is 0.355 e. The Morgan fingerprint density at radius 2 is 1.65 bits per heavy atom. The topological polar surface area (TPSA) is 78.5 Å². The van der Waals surface area contributed by atoms with Crippen molar-refractivity contribution in [2.45, 2.75) is 19.3 Å². The van der Waals surface area contributed by atoms with Crippen LogP contribution in [-0.2, 0) is 16.0 Å². The molecule has 34 heavy (non-hydrogen) atoms. The summed E-state index contributed by atoms with van der Waals surface area (Å²) in [5, 5.41) is 8.00. The number of carbonyl (C=O) groups is 3. The highest BCUT2D eigenvalue weighted by Gasteiger charge is 2.26. The minimum absolute atomic E-state index is 0.00753.